The fourth-order valence-electron chi connectivity index (χ4n) is 1.93. The molecule has 2 rings (SSSR count). The summed E-state index contributed by atoms with van der Waals surface area (Å²) < 4.78 is 0. The molecule has 0 saturated heterocycles. The summed E-state index contributed by atoms with van der Waals surface area (Å²) in [6.45, 7) is 4.27. The highest BCUT2D eigenvalue weighted by molar-refractivity contribution is 5.79. The van der Waals surface area contributed by atoms with Gasteiger partial charge in [-0.05, 0) is 24.5 Å². The van der Waals surface area contributed by atoms with Crippen molar-refractivity contribution < 1.29 is 0 Å². The van der Waals surface area contributed by atoms with E-state index in [1.807, 2.05) is 12.3 Å². The van der Waals surface area contributed by atoms with Gasteiger partial charge in [-0.25, -0.2) is 0 Å². The fraction of sp³-hybridized carbons (Fsp3) is 0.235. The average Bonchev–Trinajstić information content (AvgIpc) is 2.43. The molecule has 0 unspecified atom stereocenters. The van der Waals surface area contributed by atoms with Crippen molar-refractivity contribution in [3.05, 3.63) is 71.3 Å². The molecule has 18 heavy (non-hydrogen) atoms. The molecule has 2 aromatic rings. The first-order valence-electron chi connectivity index (χ1n) is 6.44. The van der Waals surface area contributed by atoms with Crippen LogP contribution in [0.3, 0.4) is 0 Å². The Balaban J connectivity index is 2.13. The van der Waals surface area contributed by atoms with Crippen LogP contribution in [-0.4, -0.2) is 6.21 Å². The number of aliphatic imine (C=N–C) groups is 1. The molecule has 0 aliphatic carbocycles. The first-order chi connectivity index (χ1) is 8.79. The predicted octanol–water partition coefficient (Wildman–Crippen LogP) is 4.57. The zero-order chi connectivity index (χ0) is 12.8. The topological polar surface area (TPSA) is 12.4 Å². The normalized spacial score (nSPS) is 12.8. The first kappa shape index (κ1) is 12.6. The monoisotopic (exact) mass is 237 g/mol. The quantitative estimate of drug-likeness (QED) is 0.691. The molecule has 1 atom stereocenters. The van der Waals surface area contributed by atoms with Crippen molar-refractivity contribution in [2.24, 2.45) is 4.99 Å². The molecule has 0 heterocycles. The van der Waals surface area contributed by atoms with Gasteiger partial charge in [0.25, 0.3) is 0 Å². The SMILES string of the molecule is CC[C@H](N=Cc1ccc(C)cc1)c1ccccc1. The van der Waals surface area contributed by atoms with Crippen LogP contribution in [0, 0.1) is 6.92 Å². The van der Waals surface area contributed by atoms with Gasteiger partial charge in [0, 0.05) is 6.21 Å². The van der Waals surface area contributed by atoms with E-state index in [0.717, 1.165) is 12.0 Å². The second kappa shape index (κ2) is 6.15. The number of aryl methyl sites for hydroxylation is 1. The lowest BCUT2D eigenvalue weighted by molar-refractivity contribution is 0.704. The standard InChI is InChI=1S/C17H19N/c1-3-17(16-7-5-4-6-8-16)18-13-15-11-9-14(2)10-12-15/h4-13,17H,3H2,1-2H3/t17-/m0/s1. The maximum atomic E-state index is 4.69. The minimum absolute atomic E-state index is 0.257. The van der Waals surface area contributed by atoms with Crippen LogP contribution in [0.15, 0.2) is 59.6 Å². The molecular weight excluding hydrogens is 218 g/mol. The molecule has 0 amide bonds. The maximum absolute atomic E-state index is 4.69. The number of hydrogen-bond acceptors (Lipinski definition) is 1. The lowest BCUT2D eigenvalue weighted by Crippen LogP contribution is -1.94. The van der Waals surface area contributed by atoms with Crippen LogP contribution in [0.2, 0.25) is 0 Å². The second-order valence-electron chi connectivity index (χ2n) is 4.52. The molecule has 1 heteroatoms. The lowest BCUT2D eigenvalue weighted by atomic mass is 10.1. The molecule has 1 nitrogen and oxygen atoms in total. The molecule has 2 aromatic carbocycles. The Hall–Kier alpha value is -1.89. The minimum Gasteiger partial charge on any atom is -0.284 e. The van der Waals surface area contributed by atoms with E-state index in [1.54, 1.807) is 0 Å². The van der Waals surface area contributed by atoms with Gasteiger partial charge in [0.05, 0.1) is 6.04 Å². The van der Waals surface area contributed by atoms with E-state index >= 15 is 0 Å². The van der Waals surface area contributed by atoms with Gasteiger partial charge in [-0.15, -0.1) is 0 Å². The van der Waals surface area contributed by atoms with E-state index < -0.39 is 0 Å². The van der Waals surface area contributed by atoms with Gasteiger partial charge in [0.15, 0.2) is 0 Å². The summed E-state index contributed by atoms with van der Waals surface area (Å²) >= 11 is 0. The van der Waals surface area contributed by atoms with Crippen molar-refractivity contribution in [2.75, 3.05) is 0 Å². The molecule has 0 aliphatic rings. The molecule has 0 saturated carbocycles. The van der Waals surface area contributed by atoms with Gasteiger partial charge < -0.3 is 0 Å². The summed E-state index contributed by atoms with van der Waals surface area (Å²) in [7, 11) is 0. The van der Waals surface area contributed by atoms with Crippen LogP contribution in [0.25, 0.3) is 0 Å². The summed E-state index contributed by atoms with van der Waals surface area (Å²) in [6.07, 6.45) is 2.99. The number of benzene rings is 2. The Labute approximate surface area is 109 Å². The molecule has 0 aliphatic heterocycles. The van der Waals surface area contributed by atoms with Crippen LogP contribution >= 0.6 is 0 Å². The van der Waals surface area contributed by atoms with Crippen molar-refractivity contribution in [1.29, 1.82) is 0 Å². The average molecular weight is 237 g/mol. The Bertz CT molecular complexity index is 497. The summed E-state index contributed by atoms with van der Waals surface area (Å²) in [6, 6.07) is 19.2. The third-order valence-electron chi connectivity index (χ3n) is 3.05. The van der Waals surface area contributed by atoms with E-state index in [4.69, 9.17) is 0 Å². The Morgan fingerprint density at radius 3 is 2.28 bits per heavy atom. The van der Waals surface area contributed by atoms with Gasteiger partial charge in [-0.2, -0.15) is 0 Å². The Morgan fingerprint density at radius 1 is 1.00 bits per heavy atom. The maximum Gasteiger partial charge on any atom is 0.0746 e. The molecular formula is C17H19N. The van der Waals surface area contributed by atoms with E-state index in [9.17, 15) is 0 Å². The first-order valence-corrected chi connectivity index (χ1v) is 6.44. The molecule has 0 bridgehead atoms. The predicted molar refractivity (Wildman–Crippen MR) is 78.2 cm³/mol. The van der Waals surface area contributed by atoms with E-state index in [1.165, 1.54) is 11.1 Å². The highest BCUT2D eigenvalue weighted by Gasteiger charge is 2.04. The van der Waals surface area contributed by atoms with E-state index in [2.05, 4.69) is 67.4 Å². The van der Waals surface area contributed by atoms with Crippen LogP contribution in [-0.2, 0) is 0 Å². The second-order valence-corrected chi connectivity index (χ2v) is 4.52. The van der Waals surface area contributed by atoms with E-state index in [0.29, 0.717) is 0 Å². The van der Waals surface area contributed by atoms with Crippen molar-refractivity contribution in [2.45, 2.75) is 26.3 Å². The molecule has 0 aromatic heterocycles. The summed E-state index contributed by atoms with van der Waals surface area (Å²) in [5.41, 5.74) is 3.72. The molecule has 0 N–H and O–H groups in total. The van der Waals surface area contributed by atoms with Crippen LogP contribution in [0.5, 0.6) is 0 Å². The smallest absolute Gasteiger partial charge is 0.0746 e. The molecule has 0 radical (unpaired) electrons. The number of hydrogen-bond donors (Lipinski definition) is 0. The van der Waals surface area contributed by atoms with Gasteiger partial charge in [0.1, 0.15) is 0 Å². The van der Waals surface area contributed by atoms with Crippen molar-refractivity contribution in [3.63, 3.8) is 0 Å². The van der Waals surface area contributed by atoms with Crippen LogP contribution in [0.4, 0.5) is 0 Å². The highest BCUT2D eigenvalue weighted by atomic mass is 14.8. The van der Waals surface area contributed by atoms with Crippen molar-refractivity contribution >= 4 is 6.21 Å². The highest BCUT2D eigenvalue weighted by Crippen LogP contribution is 2.20. The number of rotatable bonds is 4. The van der Waals surface area contributed by atoms with Crippen molar-refractivity contribution in [1.82, 2.24) is 0 Å². The molecule has 0 spiro atoms. The Morgan fingerprint density at radius 2 is 1.67 bits per heavy atom. The van der Waals surface area contributed by atoms with Crippen LogP contribution in [0.1, 0.15) is 36.1 Å². The third kappa shape index (κ3) is 3.30. The summed E-state index contributed by atoms with van der Waals surface area (Å²) in [5, 5.41) is 0. The molecule has 92 valence electrons. The minimum atomic E-state index is 0.257. The zero-order valence-corrected chi connectivity index (χ0v) is 11.0. The molecule has 0 fully saturated rings. The van der Waals surface area contributed by atoms with Gasteiger partial charge in [-0.1, -0.05) is 67.1 Å². The number of nitrogens with zero attached hydrogens (tertiary/aromatic N) is 1. The van der Waals surface area contributed by atoms with Crippen LogP contribution < -0.4 is 0 Å². The Kier molecular flexibility index (Phi) is 4.30. The third-order valence-corrected chi connectivity index (χ3v) is 3.05. The van der Waals surface area contributed by atoms with Crippen molar-refractivity contribution in [3.8, 4) is 0 Å². The zero-order valence-electron chi connectivity index (χ0n) is 11.0. The van der Waals surface area contributed by atoms with E-state index in [-0.39, 0.29) is 6.04 Å². The van der Waals surface area contributed by atoms with Gasteiger partial charge in [-0.3, -0.25) is 4.99 Å². The largest absolute Gasteiger partial charge is 0.284 e. The lowest BCUT2D eigenvalue weighted by Gasteiger charge is -2.09. The fourth-order valence-corrected chi connectivity index (χ4v) is 1.93. The summed E-state index contributed by atoms with van der Waals surface area (Å²) in [5.74, 6) is 0. The van der Waals surface area contributed by atoms with Gasteiger partial charge >= 0.3 is 0 Å². The summed E-state index contributed by atoms with van der Waals surface area (Å²) in [4.78, 5) is 4.69. The van der Waals surface area contributed by atoms with Gasteiger partial charge in [0.2, 0.25) is 0 Å².